The third kappa shape index (κ3) is 2.89. The van der Waals surface area contributed by atoms with Crippen molar-refractivity contribution in [1.29, 1.82) is 0 Å². The topological polar surface area (TPSA) is 113 Å². The predicted octanol–water partition coefficient (Wildman–Crippen LogP) is 0.0321. The molecule has 2 N–H and O–H groups in total. The summed E-state index contributed by atoms with van der Waals surface area (Å²) in [5.74, 6) is -1.01. The van der Waals surface area contributed by atoms with Crippen LogP contribution in [0, 0.1) is 0 Å². The van der Waals surface area contributed by atoms with E-state index in [2.05, 4.69) is 0 Å². The van der Waals surface area contributed by atoms with Gasteiger partial charge in [-0.3, -0.25) is 9.59 Å². The summed E-state index contributed by atoms with van der Waals surface area (Å²) in [5, 5.41) is 0. The van der Waals surface area contributed by atoms with Gasteiger partial charge in [0.05, 0.1) is 11.5 Å². The zero-order valence-corrected chi connectivity index (χ0v) is 12.6. The number of nitrogens with two attached hydrogens (primary N) is 1. The highest BCUT2D eigenvalue weighted by Gasteiger charge is 2.25. The number of nitrogen functional groups attached to an aromatic ring is 1. The van der Waals surface area contributed by atoms with Crippen LogP contribution in [0.1, 0.15) is 6.92 Å². The van der Waals surface area contributed by atoms with Crippen molar-refractivity contribution in [1.82, 2.24) is 8.77 Å². The molecule has 0 radical (unpaired) electrons. The second-order valence-electron chi connectivity index (χ2n) is 4.33. The van der Waals surface area contributed by atoms with E-state index in [1.807, 2.05) is 0 Å². The standard InChI is InChI=1S/C13H15N3O5S/c1-2-21-13(18)9-15-12(17)8-11(14)16(15)22(19,20)10-6-4-3-5-7-10/h3-8H,2,9,14H2,1H3. The van der Waals surface area contributed by atoms with Crippen molar-refractivity contribution < 1.29 is 17.9 Å². The minimum Gasteiger partial charge on any atom is -0.465 e. The molecule has 0 aliphatic heterocycles. The molecule has 0 saturated carbocycles. The van der Waals surface area contributed by atoms with Gasteiger partial charge in [0.25, 0.3) is 15.6 Å². The fourth-order valence-electron chi connectivity index (χ4n) is 1.92. The number of benzene rings is 1. The summed E-state index contributed by atoms with van der Waals surface area (Å²) in [6.45, 7) is 1.18. The Morgan fingerprint density at radius 2 is 1.91 bits per heavy atom. The average molecular weight is 325 g/mol. The van der Waals surface area contributed by atoms with Gasteiger partial charge in [0, 0.05) is 6.07 Å². The second kappa shape index (κ2) is 6.06. The molecule has 8 nitrogen and oxygen atoms in total. The quantitative estimate of drug-likeness (QED) is 0.776. The minimum absolute atomic E-state index is 0.0464. The summed E-state index contributed by atoms with van der Waals surface area (Å²) in [4.78, 5) is 23.4. The van der Waals surface area contributed by atoms with E-state index in [1.54, 1.807) is 25.1 Å². The maximum Gasteiger partial charge on any atom is 0.327 e. The van der Waals surface area contributed by atoms with Crippen LogP contribution in [0.25, 0.3) is 0 Å². The summed E-state index contributed by atoms with van der Waals surface area (Å²) in [6.07, 6.45) is 0. The van der Waals surface area contributed by atoms with Crippen LogP contribution >= 0.6 is 0 Å². The van der Waals surface area contributed by atoms with E-state index in [9.17, 15) is 18.0 Å². The van der Waals surface area contributed by atoms with Crippen LogP contribution in [0.4, 0.5) is 5.82 Å². The van der Waals surface area contributed by atoms with Crippen LogP contribution < -0.4 is 11.3 Å². The van der Waals surface area contributed by atoms with Gasteiger partial charge in [0.1, 0.15) is 12.4 Å². The zero-order chi connectivity index (χ0) is 16.3. The Hall–Kier alpha value is -2.55. The summed E-state index contributed by atoms with van der Waals surface area (Å²) in [7, 11) is -4.09. The number of ether oxygens (including phenoxy) is 1. The van der Waals surface area contributed by atoms with Gasteiger partial charge in [-0.1, -0.05) is 18.2 Å². The molecule has 1 aromatic carbocycles. The molecule has 2 rings (SSSR count). The van der Waals surface area contributed by atoms with E-state index in [4.69, 9.17) is 10.5 Å². The number of rotatable bonds is 5. The largest absolute Gasteiger partial charge is 0.465 e. The molecule has 2 aromatic rings. The Bertz CT molecular complexity index is 836. The normalized spacial score (nSPS) is 11.3. The van der Waals surface area contributed by atoms with Gasteiger partial charge in [-0.2, -0.15) is 12.5 Å². The summed E-state index contributed by atoms with van der Waals surface area (Å²) in [6, 6.07) is 8.42. The van der Waals surface area contributed by atoms with Gasteiger partial charge in [0.2, 0.25) is 0 Å². The first-order chi connectivity index (χ1) is 10.4. The van der Waals surface area contributed by atoms with E-state index in [0.717, 1.165) is 10.7 Å². The molecule has 1 heterocycles. The van der Waals surface area contributed by atoms with E-state index in [-0.39, 0.29) is 17.3 Å². The van der Waals surface area contributed by atoms with Crippen molar-refractivity contribution >= 4 is 21.8 Å². The Morgan fingerprint density at radius 1 is 1.27 bits per heavy atom. The first-order valence-electron chi connectivity index (χ1n) is 6.42. The molecule has 118 valence electrons. The van der Waals surface area contributed by atoms with Crippen molar-refractivity contribution in [2.75, 3.05) is 12.3 Å². The molecule has 0 amide bonds. The lowest BCUT2D eigenvalue weighted by molar-refractivity contribution is -0.144. The highest BCUT2D eigenvalue weighted by molar-refractivity contribution is 7.90. The molecule has 0 saturated heterocycles. The summed E-state index contributed by atoms with van der Waals surface area (Å²) < 4.78 is 31.3. The summed E-state index contributed by atoms with van der Waals surface area (Å²) in [5.41, 5.74) is 4.92. The Labute approximate surface area is 126 Å². The minimum atomic E-state index is -4.09. The maximum absolute atomic E-state index is 12.6. The SMILES string of the molecule is CCOC(=O)Cn1c(=O)cc(N)n1S(=O)(=O)c1ccccc1. The lowest BCUT2D eigenvalue weighted by atomic mass is 10.4. The zero-order valence-electron chi connectivity index (χ0n) is 11.8. The summed E-state index contributed by atoms with van der Waals surface area (Å²) >= 11 is 0. The molecule has 0 spiro atoms. The number of carbonyl (C=O) groups excluding carboxylic acids is 1. The number of nitrogens with zero attached hydrogens (tertiary/aromatic N) is 2. The van der Waals surface area contributed by atoms with Crippen LogP contribution in [0.15, 0.2) is 46.1 Å². The fraction of sp³-hybridized carbons (Fsp3) is 0.231. The third-order valence-electron chi connectivity index (χ3n) is 2.82. The highest BCUT2D eigenvalue weighted by atomic mass is 32.2. The van der Waals surface area contributed by atoms with Crippen LogP contribution in [-0.4, -0.2) is 29.8 Å². The molecule has 0 aliphatic carbocycles. The average Bonchev–Trinajstić information content (AvgIpc) is 2.75. The van der Waals surface area contributed by atoms with Crippen molar-refractivity contribution in [3.8, 4) is 0 Å². The van der Waals surface area contributed by atoms with Crippen LogP contribution in [0.2, 0.25) is 0 Å². The number of aromatic nitrogens is 2. The van der Waals surface area contributed by atoms with Crippen molar-refractivity contribution in [2.45, 2.75) is 18.4 Å². The highest BCUT2D eigenvalue weighted by Crippen LogP contribution is 2.16. The van der Waals surface area contributed by atoms with E-state index < -0.39 is 28.1 Å². The second-order valence-corrected chi connectivity index (χ2v) is 6.10. The molecule has 22 heavy (non-hydrogen) atoms. The molecular formula is C13H15N3O5S. The van der Waals surface area contributed by atoms with Crippen LogP contribution in [0.5, 0.6) is 0 Å². The lowest BCUT2D eigenvalue weighted by Crippen LogP contribution is -2.32. The first kappa shape index (κ1) is 15.8. The number of esters is 1. The van der Waals surface area contributed by atoms with Crippen molar-refractivity contribution in [3.05, 3.63) is 46.8 Å². The lowest BCUT2D eigenvalue weighted by Gasteiger charge is -2.13. The monoisotopic (exact) mass is 325 g/mol. The van der Waals surface area contributed by atoms with E-state index in [1.165, 1.54) is 12.1 Å². The third-order valence-corrected chi connectivity index (χ3v) is 4.55. The molecular weight excluding hydrogens is 310 g/mol. The van der Waals surface area contributed by atoms with Gasteiger partial charge in [-0.15, -0.1) is 0 Å². The molecule has 0 fully saturated rings. The van der Waals surface area contributed by atoms with Gasteiger partial charge >= 0.3 is 5.97 Å². The van der Waals surface area contributed by atoms with Gasteiger partial charge in [-0.25, -0.2) is 4.68 Å². The molecule has 0 bridgehead atoms. The smallest absolute Gasteiger partial charge is 0.327 e. The van der Waals surface area contributed by atoms with Crippen LogP contribution in [0.3, 0.4) is 0 Å². The molecule has 0 unspecified atom stereocenters. The number of hydrogen-bond donors (Lipinski definition) is 1. The number of anilines is 1. The Morgan fingerprint density at radius 3 is 2.50 bits per heavy atom. The van der Waals surface area contributed by atoms with Crippen molar-refractivity contribution in [2.24, 2.45) is 0 Å². The number of hydrogen-bond acceptors (Lipinski definition) is 6. The molecule has 9 heteroatoms. The van der Waals surface area contributed by atoms with Crippen molar-refractivity contribution in [3.63, 3.8) is 0 Å². The van der Waals surface area contributed by atoms with Gasteiger partial charge in [-0.05, 0) is 19.1 Å². The Kier molecular flexibility index (Phi) is 4.36. The fourth-order valence-corrected chi connectivity index (χ4v) is 3.35. The molecule has 0 atom stereocenters. The van der Waals surface area contributed by atoms with Gasteiger partial charge < -0.3 is 10.5 Å². The Balaban J connectivity index is 2.56. The van der Waals surface area contributed by atoms with Gasteiger partial charge in [0.15, 0.2) is 0 Å². The van der Waals surface area contributed by atoms with E-state index >= 15 is 0 Å². The maximum atomic E-state index is 12.6. The molecule has 1 aromatic heterocycles. The van der Waals surface area contributed by atoms with Crippen LogP contribution in [-0.2, 0) is 26.1 Å². The van der Waals surface area contributed by atoms with E-state index in [0.29, 0.717) is 4.09 Å². The first-order valence-corrected chi connectivity index (χ1v) is 7.86. The molecule has 0 aliphatic rings. The number of carbonyl (C=O) groups is 1. The predicted molar refractivity (Wildman–Crippen MR) is 78.8 cm³/mol.